The van der Waals surface area contributed by atoms with Gasteiger partial charge in [-0.05, 0) is 26.0 Å². The van der Waals surface area contributed by atoms with Crippen LogP contribution in [0.3, 0.4) is 0 Å². The van der Waals surface area contributed by atoms with Gasteiger partial charge in [0, 0.05) is 17.0 Å². The van der Waals surface area contributed by atoms with Crippen molar-refractivity contribution < 1.29 is 36.5 Å². The highest BCUT2D eigenvalue weighted by atomic mass is 19.4. The largest absolute Gasteiger partial charge is 0.493 e. The number of ether oxygens (including phenoxy) is 4. The number of hydrogen-bond acceptors (Lipinski definition) is 7. The number of aromatic nitrogens is 2. The molecule has 188 valence electrons. The smallest absolute Gasteiger partial charge is 0.419 e. The molecule has 2 aromatic carbocycles. The predicted molar refractivity (Wildman–Crippen MR) is 120 cm³/mol. The number of halogens is 4. The van der Waals surface area contributed by atoms with E-state index < -0.39 is 23.6 Å². The maximum atomic E-state index is 14.7. The molecule has 0 unspecified atom stereocenters. The molecular weight excluding hydrogens is 470 g/mol. The van der Waals surface area contributed by atoms with Crippen LogP contribution in [0.15, 0.2) is 30.3 Å². The number of rotatable bonds is 9. The number of benzene rings is 2. The summed E-state index contributed by atoms with van der Waals surface area (Å²) in [6.07, 6.45) is -4.72. The topological polar surface area (TPSA) is 74.7 Å². The number of hydrogen-bond donors (Lipinski definition) is 1. The second-order valence-corrected chi connectivity index (χ2v) is 8.09. The van der Waals surface area contributed by atoms with Crippen molar-refractivity contribution in [2.75, 3.05) is 38.9 Å². The number of aryl methyl sites for hydroxylation is 1. The highest BCUT2D eigenvalue weighted by molar-refractivity contribution is 5.92. The molecule has 1 aromatic heterocycles. The first-order valence-electron chi connectivity index (χ1n) is 11.0. The molecule has 1 aliphatic heterocycles. The van der Waals surface area contributed by atoms with E-state index in [0.717, 1.165) is 0 Å². The van der Waals surface area contributed by atoms with Gasteiger partial charge in [-0.2, -0.15) is 13.2 Å². The van der Waals surface area contributed by atoms with E-state index in [1.807, 2.05) is 0 Å². The van der Waals surface area contributed by atoms with E-state index in [2.05, 4.69) is 15.3 Å². The SMILES string of the molecule is COc1cc2nc(C)nc(N[C@H](C)c3cccc(C(F)(F)F)c3F)c2cc1OCCOC1COC1. The first kappa shape index (κ1) is 24.9. The van der Waals surface area contributed by atoms with Crippen LogP contribution < -0.4 is 14.8 Å². The Morgan fingerprint density at radius 2 is 1.91 bits per heavy atom. The first-order valence-corrected chi connectivity index (χ1v) is 11.0. The summed E-state index contributed by atoms with van der Waals surface area (Å²) in [7, 11) is 1.50. The molecule has 0 radical (unpaired) electrons. The van der Waals surface area contributed by atoms with E-state index in [1.54, 1.807) is 26.0 Å². The van der Waals surface area contributed by atoms with Gasteiger partial charge in [-0.3, -0.25) is 0 Å². The Morgan fingerprint density at radius 1 is 1.14 bits per heavy atom. The van der Waals surface area contributed by atoms with Crippen molar-refractivity contribution in [1.29, 1.82) is 0 Å². The molecule has 1 atom stereocenters. The lowest BCUT2D eigenvalue weighted by Crippen LogP contribution is -2.37. The summed E-state index contributed by atoms with van der Waals surface area (Å²) in [4.78, 5) is 8.82. The lowest BCUT2D eigenvalue weighted by molar-refractivity contribution is -0.140. The van der Waals surface area contributed by atoms with E-state index in [4.69, 9.17) is 18.9 Å². The third kappa shape index (κ3) is 5.57. The molecule has 1 N–H and O–H groups in total. The maximum Gasteiger partial charge on any atom is 0.419 e. The minimum absolute atomic E-state index is 0.0713. The molecule has 0 bridgehead atoms. The molecule has 0 amide bonds. The van der Waals surface area contributed by atoms with Crippen LogP contribution >= 0.6 is 0 Å². The van der Waals surface area contributed by atoms with Gasteiger partial charge in [0.2, 0.25) is 0 Å². The van der Waals surface area contributed by atoms with E-state index >= 15 is 0 Å². The van der Waals surface area contributed by atoms with Crippen molar-refractivity contribution in [3.8, 4) is 11.5 Å². The average molecular weight is 495 g/mol. The van der Waals surface area contributed by atoms with Crippen molar-refractivity contribution >= 4 is 16.7 Å². The van der Waals surface area contributed by atoms with Crippen LogP contribution in [0.25, 0.3) is 10.9 Å². The van der Waals surface area contributed by atoms with Crippen LogP contribution in [0, 0.1) is 12.7 Å². The zero-order chi connectivity index (χ0) is 25.2. The van der Waals surface area contributed by atoms with Gasteiger partial charge >= 0.3 is 6.18 Å². The van der Waals surface area contributed by atoms with E-state index in [-0.39, 0.29) is 18.3 Å². The third-order valence-electron chi connectivity index (χ3n) is 5.55. The zero-order valence-electron chi connectivity index (χ0n) is 19.4. The summed E-state index contributed by atoms with van der Waals surface area (Å²) in [6, 6.07) is 5.74. The molecule has 0 spiro atoms. The minimum atomic E-state index is -4.80. The zero-order valence-corrected chi connectivity index (χ0v) is 19.4. The van der Waals surface area contributed by atoms with Gasteiger partial charge in [0.25, 0.3) is 0 Å². The van der Waals surface area contributed by atoms with E-state index in [0.29, 0.717) is 59.9 Å². The van der Waals surface area contributed by atoms with Gasteiger partial charge in [0.15, 0.2) is 11.5 Å². The quantitative estimate of drug-likeness (QED) is 0.328. The molecule has 0 saturated carbocycles. The summed E-state index contributed by atoms with van der Waals surface area (Å²) < 4.78 is 76.1. The van der Waals surface area contributed by atoms with Gasteiger partial charge in [0.1, 0.15) is 30.2 Å². The molecule has 1 fully saturated rings. The highest BCUT2D eigenvalue weighted by Crippen LogP contribution is 2.37. The average Bonchev–Trinajstić information content (AvgIpc) is 2.76. The lowest BCUT2D eigenvalue weighted by atomic mass is 10.0. The fraction of sp³-hybridized carbons (Fsp3) is 0.417. The van der Waals surface area contributed by atoms with Gasteiger partial charge < -0.3 is 24.3 Å². The molecule has 4 rings (SSSR count). The van der Waals surface area contributed by atoms with Crippen molar-refractivity contribution in [1.82, 2.24) is 9.97 Å². The van der Waals surface area contributed by atoms with Crippen LogP contribution in [-0.2, 0) is 15.7 Å². The Bertz CT molecular complexity index is 1200. The summed E-state index contributed by atoms with van der Waals surface area (Å²) in [5.41, 5.74) is -0.918. The molecule has 0 aliphatic carbocycles. The molecule has 1 saturated heterocycles. The second kappa shape index (κ2) is 10.2. The number of nitrogens with zero attached hydrogens (tertiary/aromatic N) is 2. The number of methoxy groups -OCH3 is 1. The Labute approximate surface area is 199 Å². The molecule has 1 aliphatic rings. The van der Waals surface area contributed by atoms with E-state index in [1.165, 1.54) is 19.2 Å². The number of anilines is 1. The fourth-order valence-corrected chi connectivity index (χ4v) is 3.70. The van der Waals surface area contributed by atoms with Crippen LogP contribution in [0.1, 0.15) is 29.9 Å². The maximum absolute atomic E-state index is 14.7. The Morgan fingerprint density at radius 3 is 2.57 bits per heavy atom. The van der Waals surface area contributed by atoms with Crippen LogP contribution in [0.4, 0.5) is 23.4 Å². The Hall–Kier alpha value is -3.18. The summed E-state index contributed by atoms with van der Waals surface area (Å²) in [5, 5.41) is 3.57. The Kier molecular flexibility index (Phi) is 7.27. The lowest BCUT2D eigenvalue weighted by Gasteiger charge is -2.26. The van der Waals surface area contributed by atoms with Gasteiger partial charge in [-0.1, -0.05) is 12.1 Å². The molecule has 7 nitrogen and oxygen atoms in total. The van der Waals surface area contributed by atoms with E-state index in [9.17, 15) is 17.6 Å². The fourth-order valence-electron chi connectivity index (χ4n) is 3.70. The normalized spacial score (nSPS) is 15.1. The van der Waals surface area contributed by atoms with Crippen LogP contribution in [0.5, 0.6) is 11.5 Å². The molecule has 2 heterocycles. The van der Waals surface area contributed by atoms with Crippen molar-refractivity contribution in [2.24, 2.45) is 0 Å². The minimum Gasteiger partial charge on any atom is -0.493 e. The predicted octanol–water partition coefficient (Wildman–Crippen LogP) is 5.07. The van der Waals surface area contributed by atoms with Gasteiger partial charge in [-0.25, -0.2) is 14.4 Å². The van der Waals surface area contributed by atoms with Crippen molar-refractivity contribution in [3.05, 3.63) is 53.1 Å². The third-order valence-corrected chi connectivity index (χ3v) is 5.55. The number of nitrogens with one attached hydrogen (secondary N) is 1. The van der Waals surface area contributed by atoms with Crippen molar-refractivity contribution in [3.63, 3.8) is 0 Å². The molecular formula is C24H25F4N3O4. The molecule has 11 heteroatoms. The summed E-state index contributed by atoms with van der Waals surface area (Å²) in [5.74, 6) is 0.292. The Balaban J connectivity index is 1.61. The summed E-state index contributed by atoms with van der Waals surface area (Å²) in [6.45, 7) is 4.99. The highest BCUT2D eigenvalue weighted by Gasteiger charge is 2.35. The number of fused-ring (bicyclic) bond motifs is 1. The van der Waals surface area contributed by atoms with Crippen LogP contribution in [0.2, 0.25) is 0 Å². The van der Waals surface area contributed by atoms with Crippen molar-refractivity contribution in [2.45, 2.75) is 32.2 Å². The molecule has 3 aromatic rings. The first-order chi connectivity index (χ1) is 16.7. The van der Waals surface area contributed by atoms with Gasteiger partial charge in [-0.15, -0.1) is 0 Å². The standard InChI is InChI=1S/C24H25F4N3O4/c1-13(16-5-4-6-18(22(16)25)24(26,27)28)29-23-17-9-21(35-8-7-34-15-11-33-12-15)20(32-3)10-19(17)30-14(2)31-23/h4-6,9-10,13,15H,7-8,11-12H2,1-3H3,(H,29,30,31)/t13-/m1/s1. The molecule has 35 heavy (non-hydrogen) atoms. The number of alkyl halides is 3. The summed E-state index contributed by atoms with van der Waals surface area (Å²) >= 11 is 0. The monoisotopic (exact) mass is 495 g/mol. The second-order valence-electron chi connectivity index (χ2n) is 8.09. The van der Waals surface area contributed by atoms with Gasteiger partial charge in [0.05, 0.1) is 44.1 Å². The van der Waals surface area contributed by atoms with Crippen LogP contribution in [-0.4, -0.2) is 49.6 Å².